The van der Waals surface area contributed by atoms with Crippen molar-refractivity contribution >= 4 is 28.9 Å². The SMILES string of the molecule is Clc1ccc(COc2ccc([C@H]3Oc4ccccc4[C@H]4CC(c5ccc(Cl)cc5)=NN43)cc2)cc1. The molecule has 0 unspecified atom stereocenters. The Labute approximate surface area is 214 Å². The van der Waals surface area contributed by atoms with E-state index in [9.17, 15) is 0 Å². The first-order valence-corrected chi connectivity index (χ1v) is 12.2. The van der Waals surface area contributed by atoms with Crippen molar-refractivity contribution in [3.63, 3.8) is 0 Å². The molecule has 4 aromatic carbocycles. The first-order valence-electron chi connectivity index (χ1n) is 11.5. The van der Waals surface area contributed by atoms with Crippen molar-refractivity contribution in [1.82, 2.24) is 5.01 Å². The highest BCUT2D eigenvalue weighted by molar-refractivity contribution is 6.30. The highest BCUT2D eigenvalue weighted by atomic mass is 35.5. The zero-order valence-electron chi connectivity index (χ0n) is 18.8. The Bertz CT molecular complexity index is 1370. The van der Waals surface area contributed by atoms with Gasteiger partial charge in [0.15, 0.2) is 0 Å². The van der Waals surface area contributed by atoms with Crippen LogP contribution in [0.1, 0.15) is 40.9 Å². The fraction of sp³-hybridized carbons (Fsp3) is 0.138. The van der Waals surface area contributed by atoms with Gasteiger partial charge in [0, 0.05) is 27.6 Å². The van der Waals surface area contributed by atoms with E-state index in [4.69, 9.17) is 37.8 Å². The molecule has 2 aliphatic heterocycles. The monoisotopic (exact) mass is 500 g/mol. The average molecular weight is 501 g/mol. The zero-order chi connectivity index (χ0) is 23.8. The standard InChI is InChI=1S/C29H22Cl2N2O2/c30-22-11-5-19(6-12-22)18-34-24-15-9-21(10-16-24)29-33-27(25-3-1-2-4-28(25)35-29)17-26(32-33)20-7-13-23(31)14-8-20/h1-16,27,29H,17-18H2/t27-,29-/m1/s1. The minimum atomic E-state index is -0.329. The molecule has 0 amide bonds. The molecule has 0 fully saturated rings. The maximum atomic E-state index is 6.46. The van der Waals surface area contributed by atoms with Crippen LogP contribution in [-0.4, -0.2) is 10.7 Å². The van der Waals surface area contributed by atoms with E-state index in [1.54, 1.807) is 0 Å². The molecule has 6 rings (SSSR count). The van der Waals surface area contributed by atoms with Crippen LogP contribution in [0.2, 0.25) is 10.0 Å². The molecule has 0 saturated heterocycles. The van der Waals surface area contributed by atoms with E-state index in [0.29, 0.717) is 11.6 Å². The van der Waals surface area contributed by atoms with Crippen molar-refractivity contribution in [2.24, 2.45) is 5.10 Å². The summed E-state index contributed by atoms with van der Waals surface area (Å²) in [5.74, 6) is 1.69. The highest BCUT2D eigenvalue weighted by Crippen LogP contribution is 2.47. The van der Waals surface area contributed by atoms with Crippen LogP contribution >= 0.6 is 23.2 Å². The second kappa shape index (κ2) is 9.29. The molecular formula is C29H22Cl2N2O2. The summed E-state index contributed by atoms with van der Waals surface area (Å²) < 4.78 is 12.4. The minimum Gasteiger partial charge on any atom is -0.489 e. The predicted molar refractivity (Wildman–Crippen MR) is 139 cm³/mol. The predicted octanol–water partition coefficient (Wildman–Crippen LogP) is 7.81. The molecule has 0 aromatic heterocycles. The Kier molecular flexibility index (Phi) is 5.85. The molecule has 2 heterocycles. The maximum Gasteiger partial charge on any atom is 0.213 e. The van der Waals surface area contributed by atoms with Gasteiger partial charge in [-0.05, 0) is 65.7 Å². The van der Waals surface area contributed by atoms with E-state index in [1.807, 2.05) is 91.0 Å². The van der Waals surface area contributed by atoms with Crippen LogP contribution in [0.3, 0.4) is 0 Å². The topological polar surface area (TPSA) is 34.1 Å². The van der Waals surface area contributed by atoms with Gasteiger partial charge < -0.3 is 9.47 Å². The van der Waals surface area contributed by atoms with E-state index >= 15 is 0 Å². The average Bonchev–Trinajstić information content (AvgIpc) is 3.34. The van der Waals surface area contributed by atoms with Crippen LogP contribution in [0.25, 0.3) is 0 Å². The number of hydrazone groups is 1. The lowest BCUT2D eigenvalue weighted by Crippen LogP contribution is -2.33. The van der Waals surface area contributed by atoms with Gasteiger partial charge in [-0.1, -0.05) is 65.7 Å². The number of ether oxygens (including phenoxy) is 2. The van der Waals surface area contributed by atoms with Gasteiger partial charge >= 0.3 is 0 Å². The van der Waals surface area contributed by atoms with E-state index in [1.165, 1.54) is 0 Å². The summed E-state index contributed by atoms with van der Waals surface area (Å²) in [7, 11) is 0. The van der Waals surface area contributed by atoms with Crippen LogP contribution < -0.4 is 9.47 Å². The fourth-order valence-corrected chi connectivity index (χ4v) is 4.80. The lowest BCUT2D eigenvalue weighted by Gasteiger charge is -2.38. The lowest BCUT2D eigenvalue weighted by molar-refractivity contribution is -0.0190. The number of benzene rings is 4. The van der Waals surface area contributed by atoms with Gasteiger partial charge in [0.1, 0.15) is 18.1 Å². The van der Waals surface area contributed by atoms with Crippen LogP contribution in [0.4, 0.5) is 0 Å². The molecule has 35 heavy (non-hydrogen) atoms. The maximum absolute atomic E-state index is 6.46. The van der Waals surface area contributed by atoms with Crippen molar-refractivity contribution in [3.8, 4) is 11.5 Å². The van der Waals surface area contributed by atoms with Gasteiger partial charge in [0.25, 0.3) is 0 Å². The number of hydrogen-bond donors (Lipinski definition) is 0. The van der Waals surface area contributed by atoms with Gasteiger partial charge in [-0.2, -0.15) is 5.10 Å². The Balaban J connectivity index is 1.26. The molecule has 0 radical (unpaired) electrons. The fourth-order valence-electron chi connectivity index (χ4n) is 4.55. The van der Waals surface area contributed by atoms with Gasteiger partial charge in [-0.25, -0.2) is 5.01 Å². The number of halogens is 2. The number of rotatable bonds is 5. The van der Waals surface area contributed by atoms with Gasteiger partial charge in [0.05, 0.1) is 11.8 Å². The van der Waals surface area contributed by atoms with Crippen molar-refractivity contribution < 1.29 is 9.47 Å². The number of hydrogen-bond acceptors (Lipinski definition) is 4. The van der Waals surface area contributed by atoms with E-state index in [2.05, 4.69) is 11.1 Å². The third-order valence-electron chi connectivity index (χ3n) is 6.36. The van der Waals surface area contributed by atoms with Crippen molar-refractivity contribution in [2.45, 2.75) is 25.3 Å². The molecule has 4 aromatic rings. The first-order chi connectivity index (χ1) is 17.1. The van der Waals surface area contributed by atoms with Crippen LogP contribution in [0.5, 0.6) is 11.5 Å². The normalized spacial score (nSPS) is 18.3. The molecule has 0 spiro atoms. The van der Waals surface area contributed by atoms with E-state index in [-0.39, 0.29) is 12.3 Å². The van der Waals surface area contributed by atoms with Gasteiger partial charge in [-0.3, -0.25) is 0 Å². The number of fused-ring (bicyclic) bond motifs is 3. The second-order valence-corrected chi connectivity index (χ2v) is 9.52. The molecule has 4 nitrogen and oxygen atoms in total. The van der Waals surface area contributed by atoms with E-state index < -0.39 is 0 Å². The molecule has 0 aliphatic carbocycles. The summed E-state index contributed by atoms with van der Waals surface area (Å²) in [6, 6.07) is 31.9. The smallest absolute Gasteiger partial charge is 0.213 e. The van der Waals surface area contributed by atoms with Crippen molar-refractivity contribution in [1.29, 1.82) is 0 Å². The second-order valence-electron chi connectivity index (χ2n) is 8.65. The molecule has 0 N–H and O–H groups in total. The summed E-state index contributed by atoms with van der Waals surface area (Å²) in [6.07, 6.45) is 0.478. The minimum absolute atomic E-state index is 0.108. The highest BCUT2D eigenvalue weighted by Gasteiger charge is 2.40. The van der Waals surface area contributed by atoms with E-state index in [0.717, 1.165) is 50.9 Å². The molecular weight excluding hydrogens is 479 g/mol. The zero-order valence-corrected chi connectivity index (χ0v) is 20.3. The summed E-state index contributed by atoms with van der Waals surface area (Å²) in [6.45, 7) is 0.479. The summed E-state index contributed by atoms with van der Waals surface area (Å²) in [4.78, 5) is 0. The summed E-state index contributed by atoms with van der Waals surface area (Å²) in [5, 5.41) is 8.53. The first kappa shape index (κ1) is 22.0. The Morgan fingerprint density at radius 3 is 2.26 bits per heavy atom. The van der Waals surface area contributed by atoms with Crippen LogP contribution in [-0.2, 0) is 6.61 Å². The summed E-state index contributed by atoms with van der Waals surface area (Å²) in [5.41, 5.74) is 5.34. The summed E-state index contributed by atoms with van der Waals surface area (Å²) >= 11 is 12.1. The van der Waals surface area contributed by atoms with Crippen molar-refractivity contribution in [3.05, 3.63) is 129 Å². The van der Waals surface area contributed by atoms with Gasteiger partial charge in [-0.15, -0.1) is 0 Å². The molecule has 6 heteroatoms. The molecule has 0 bridgehead atoms. The molecule has 2 aliphatic rings. The molecule has 0 saturated carbocycles. The third kappa shape index (κ3) is 4.47. The molecule has 174 valence electrons. The lowest BCUT2D eigenvalue weighted by atomic mass is 9.96. The van der Waals surface area contributed by atoms with Crippen molar-refractivity contribution in [2.75, 3.05) is 0 Å². The quantitative estimate of drug-likeness (QED) is 0.280. The number of nitrogens with zero attached hydrogens (tertiary/aromatic N) is 2. The third-order valence-corrected chi connectivity index (χ3v) is 6.86. The van der Waals surface area contributed by atoms with Crippen LogP contribution in [0.15, 0.2) is 102 Å². The Morgan fingerprint density at radius 1 is 0.829 bits per heavy atom. The van der Waals surface area contributed by atoms with Crippen LogP contribution in [0, 0.1) is 0 Å². The number of para-hydroxylation sites is 1. The Hall–Kier alpha value is -3.47. The Morgan fingerprint density at radius 2 is 1.51 bits per heavy atom. The molecule has 2 atom stereocenters. The van der Waals surface area contributed by atoms with Gasteiger partial charge in [0.2, 0.25) is 6.23 Å². The largest absolute Gasteiger partial charge is 0.489 e.